The summed E-state index contributed by atoms with van der Waals surface area (Å²) in [5.41, 5.74) is 6.71. The molecule has 4 heteroatoms. The zero-order chi connectivity index (χ0) is 10.9. The van der Waals surface area contributed by atoms with Crippen molar-refractivity contribution in [1.29, 1.82) is 0 Å². The third kappa shape index (κ3) is 3.12. The average Bonchev–Trinajstić information content (AvgIpc) is 1.82. The van der Waals surface area contributed by atoms with Gasteiger partial charge in [-0.3, -0.25) is 0 Å². The van der Waals surface area contributed by atoms with Crippen molar-refractivity contribution in [2.45, 2.75) is 38.0 Å². The van der Waals surface area contributed by atoms with Gasteiger partial charge in [-0.2, -0.15) is 0 Å². The molecule has 0 aliphatic carbocycles. The van der Waals surface area contributed by atoms with Crippen molar-refractivity contribution in [3.05, 3.63) is 12.2 Å². The molecule has 0 bridgehead atoms. The summed E-state index contributed by atoms with van der Waals surface area (Å²) in [5.74, 6) is 0. The molecule has 13 heavy (non-hydrogen) atoms. The Morgan fingerprint density at radius 3 is 2.15 bits per heavy atom. The fourth-order valence-corrected chi connectivity index (χ4v) is 1.53. The van der Waals surface area contributed by atoms with Crippen LogP contribution >= 0.6 is 0 Å². The maximum Gasteiger partial charge on any atom is 0.154 e. The number of sulfone groups is 1. The average molecular weight is 205 g/mol. The Morgan fingerprint density at radius 2 is 1.92 bits per heavy atom. The van der Waals surface area contributed by atoms with Crippen LogP contribution in [0, 0.1) is 0 Å². The zero-order valence-electron chi connectivity index (χ0n) is 8.79. The van der Waals surface area contributed by atoms with Crippen molar-refractivity contribution >= 4 is 9.84 Å². The van der Waals surface area contributed by atoms with Gasteiger partial charge >= 0.3 is 0 Å². The van der Waals surface area contributed by atoms with Gasteiger partial charge in [-0.05, 0) is 27.2 Å². The summed E-state index contributed by atoms with van der Waals surface area (Å²) in [5, 5.41) is 0. The maximum absolute atomic E-state index is 11.4. The second-order valence-corrected chi connectivity index (χ2v) is 6.74. The highest BCUT2D eigenvalue weighted by Crippen LogP contribution is 2.22. The first-order valence-corrected chi connectivity index (χ1v) is 6.07. The van der Waals surface area contributed by atoms with Gasteiger partial charge in [0.05, 0.1) is 4.75 Å². The van der Waals surface area contributed by atoms with Crippen molar-refractivity contribution in [2.75, 3.05) is 6.26 Å². The van der Waals surface area contributed by atoms with Crippen LogP contribution in [0.3, 0.4) is 0 Å². The van der Waals surface area contributed by atoms with Crippen molar-refractivity contribution in [1.82, 2.24) is 0 Å². The van der Waals surface area contributed by atoms with Gasteiger partial charge in [0.2, 0.25) is 0 Å². The van der Waals surface area contributed by atoms with Crippen LogP contribution in [0.5, 0.6) is 0 Å². The summed E-state index contributed by atoms with van der Waals surface area (Å²) in [4.78, 5) is 0. The van der Waals surface area contributed by atoms with E-state index in [1.54, 1.807) is 13.8 Å². The molecule has 0 aromatic carbocycles. The minimum atomic E-state index is -3.11. The molecule has 78 valence electrons. The molecule has 0 aliphatic rings. The molecule has 0 fully saturated rings. The van der Waals surface area contributed by atoms with Crippen molar-refractivity contribution < 1.29 is 8.42 Å². The van der Waals surface area contributed by atoms with Crippen LogP contribution in [0.25, 0.3) is 0 Å². The van der Waals surface area contributed by atoms with E-state index in [0.717, 1.165) is 5.57 Å². The Morgan fingerprint density at radius 1 is 1.54 bits per heavy atom. The molecule has 0 heterocycles. The molecule has 0 rings (SSSR count). The highest BCUT2D eigenvalue weighted by Gasteiger charge is 2.36. The van der Waals surface area contributed by atoms with E-state index in [4.69, 9.17) is 5.73 Å². The molecule has 3 nitrogen and oxygen atoms in total. The molecule has 0 saturated heterocycles. The summed E-state index contributed by atoms with van der Waals surface area (Å²) < 4.78 is 21.8. The molecule has 0 saturated carbocycles. The second-order valence-electron chi connectivity index (χ2n) is 4.14. The Hall–Kier alpha value is -0.350. The summed E-state index contributed by atoms with van der Waals surface area (Å²) in [6.45, 7) is 8.86. The number of rotatable bonds is 4. The highest BCUT2D eigenvalue weighted by atomic mass is 32.2. The van der Waals surface area contributed by atoms with Gasteiger partial charge < -0.3 is 5.73 Å². The van der Waals surface area contributed by atoms with E-state index in [2.05, 4.69) is 6.58 Å². The standard InChI is InChI=1S/C9H19NO2S/c1-7(2)6-8(10)9(3,4)13(5,11)12/h8H,1,6,10H2,2-5H3. The van der Waals surface area contributed by atoms with Crippen LogP contribution in [0.2, 0.25) is 0 Å². The fraction of sp³-hybridized carbons (Fsp3) is 0.778. The molecular formula is C9H19NO2S. The Bertz CT molecular complexity index is 291. The van der Waals surface area contributed by atoms with Crippen molar-refractivity contribution in [2.24, 2.45) is 5.73 Å². The Labute approximate surface area is 80.9 Å². The molecular weight excluding hydrogens is 186 g/mol. The van der Waals surface area contributed by atoms with Gasteiger partial charge in [0.15, 0.2) is 9.84 Å². The number of hydrogen-bond donors (Lipinski definition) is 1. The van der Waals surface area contributed by atoms with Crippen LogP contribution in [-0.2, 0) is 9.84 Å². The summed E-state index contributed by atoms with van der Waals surface area (Å²) in [7, 11) is -3.11. The van der Waals surface area contributed by atoms with Crippen molar-refractivity contribution in [3.63, 3.8) is 0 Å². The third-order valence-electron chi connectivity index (χ3n) is 2.42. The van der Waals surface area contributed by atoms with E-state index in [0.29, 0.717) is 6.42 Å². The smallest absolute Gasteiger partial charge is 0.154 e. The van der Waals surface area contributed by atoms with Crippen LogP contribution in [-0.4, -0.2) is 25.5 Å². The lowest BCUT2D eigenvalue weighted by Gasteiger charge is -2.29. The third-order valence-corrected chi connectivity index (χ3v) is 4.63. The van der Waals surface area contributed by atoms with Gasteiger partial charge in [0.25, 0.3) is 0 Å². The van der Waals surface area contributed by atoms with E-state index in [9.17, 15) is 8.42 Å². The molecule has 1 unspecified atom stereocenters. The molecule has 0 amide bonds. The van der Waals surface area contributed by atoms with E-state index in [1.807, 2.05) is 6.92 Å². The zero-order valence-corrected chi connectivity index (χ0v) is 9.61. The Kier molecular flexibility index (Phi) is 3.70. The summed E-state index contributed by atoms with van der Waals surface area (Å²) in [6, 6.07) is -0.389. The quantitative estimate of drug-likeness (QED) is 0.699. The summed E-state index contributed by atoms with van der Waals surface area (Å²) in [6.07, 6.45) is 1.76. The first-order valence-electron chi connectivity index (χ1n) is 4.18. The lowest BCUT2D eigenvalue weighted by Crippen LogP contribution is -2.48. The van der Waals surface area contributed by atoms with E-state index in [1.165, 1.54) is 6.26 Å². The normalized spacial score (nSPS) is 15.5. The maximum atomic E-state index is 11.4. The van der Waals surface area contributed by atoms with E-state index in [-0.39, 0.29) is 6.04 Å². The van der Waals surface area contributed by atoms with Gasteiger partial charge in [-0.15, -0.1) is 6.58 Å². The van der Waals surface area contributed by atoms with Crippen LogP contribution in [0.1, 0.15) is 27.2 Å². The van der Waals surface area contributed by atoms with Gasteiger partial charge in [-0.25, -0.2) is 8.42 Å². The predicted octanol–water partition coefficient (Wildman–Crippen LogP) is 1.10. The molecule has 0 spiro atoms. The first-order chi connectivity index (χ1) is 5.59. The molecule has 0 aliphatic heterocycles. The molecule has 0 aromatic rings. The number of nitrogens with two attached hydrogens (primary N) is 1. The molecule has 0 aromatic heterocycles. The van der Waals surface area contributed by atoms with Gasteiger partial charge in [-0.1, -0.05) is 5.57 Å². The Balaban J connectivity index is 4.75. The first kappa shape index (κ1) is 12.7. The molecule has 2 N–H and O–H groups in total. The predicted molar refractivity (Wildman–Crippen MR) is 56.3 cm³/mol. The van der Waals surface area contributed by atoms with Crippen LogP contribution in [0.15, 0.2) is 12.2 Å². The monoisotopic (exact) mass is 205 g/mol. The second kappa shape index (κ2) is 3.80. The van der Waals surface area contributed by atoms with E-state index < -0.39 is 14.6 Å². The lowest BCUT2D eigenvalue weighted by molar-refractivity contribution is 0.481. The molecule has 1 atom stereocenters. The van der Waals surface area contributed by atoms with E-state index >= 15 is 0 Å². The minimum absolute atomic E-state index is 0.389. The highest BCUT2D eigenvalue weighted by molar-refractivity contribution is 7.92. The van der Waals surface area contributed by atoms with Crippen molar-refractivity contribution in [3.8, 4) is 0 Å². The lowest BCUT2D eigenvalue weighted by atomic mass is 9.98. The topological polar surface area (TPSA) is 60.2 Å². The van der Waals surface area contributed by atoms with Crippen LogP contribution < -0.4 is 5.73 Å². The largest absolute Gasteiger partial charge is 0.326 e. The summed E-state index contributed by atoms with van der Waals surface area (Å²) >= 11 is 0. The minimum Gasteiger partial charge on any atom is -0.326 e. The molecule has 0 radical (unpaired) electrons. The SMILES string of the molecule is C=C(C)CC(N)C(C)(C)S(C)(=O)=O. The van der Waals surface area contributed by atoms with Crippen LogP contribution in [0.4, 0.5) is 0 Å². The van der Waals surface area contributed by atoms with Gasteiger partial charge in [0.1, 0.15) is 0 Å². The number of hydrogen-bond acceptors (Lipinski definition) is 3. The van der Waals surface area contributed by atoms with Gasteiger partial charge in [0, 0.05) is 12.3 Å². The fourth-order valence-electron chi connectivity index (χ4n) is 0.896.